The molecule has 0 heterocycles. The summed E-state index contributed by atoms with van der Waals surface area (Å²) in [6.07, 6.45) is 3.95. The molecule has 62 valence electrons. The van der Waals surface area contributed by atoms with E-state index in [0.29, 0.717) is 11.8 Å². The molecule has 2 aliphatic rings. The molecule has 2 fully saturated rings. The SMILES string of the molecule is CN(C)C(=O)C1C2CCCC21. The highest BCUT2D eigenvalue weighted by Gasteiger charge is 2.56. The first kappa shape index (κ1) is 7.14. The van der Waals surface area contributed by atoms with Gasteiger partial charge in [-0.15, -0.1) is 0 Å². The second-order valence-electron chi connectivity index (χ2n) is 4.02. The summed E-state index contributed by atoms with van der Waals surface area (Å²) in [5, 5.41) is 0. The predicted molar refractivity (Wildman–Crippen MR) is 43.0 cm³/mol. The molecule has 2 unspecified atom stereocenters. The molecule has 0 N–H and O–H groups in total. The topological polar surface area (TPSA) is 20.3 Å². The zero-order chi connectivity index (χ0) is 8.01. The molecule has 0 spiro atoms. The van der Waals surface area contributed by atoms with Crippen molar-refractivity contribution >= 4 is 5.91 Å². The van der Waals surface area contributed by atoms with Crippen LogP contribution in [-0.2, 0) is 4.79 Å². The van der Waals surface area contributed by atoms with Gasteiger partial charge in [-0.3, -0.25) is 4.79 Å². The fraction of sp³-hybridized carbons (Fsp3) is 0.889. The Labute approximate surface area is 67.6 Å². The van der Waals surface area contributed by atoms with Crippen LogP contribution in [0.5, 0.6) is 0 Å². The van der Waals surface area contributed by atoms with Crippen LogP contribution in [0.15, 0.2) is 0 Å². The third kappa shape index (κ3) is 0.959. The maximum Gasteiger partial charge on any atom is 0.225 e. The monoisotopic (exact) mass is 153 g/mol. The highest BCUT2D eigenvalue weighted by Crippen LogP contribution is 2.57. The van der Waals surface area contributed by atoms with Gasteiger partial charge >= 0.3 is 0 Å². The number of carbonyl (C=O) groups excluding carboxylic acids is 1. The summed E-state index contributed by atoms with van der Waals surface area (Å²) >= 11 is 0. The molecule has 2 heteroatoms. The molecule has 0 aromatic heterocycles. The normalized spacial score (nSPS) is 40.0. The molecule has 2 aliphatic carbocycles. The van der Waals surface area contributed by atoms with Crippen LogP contribution in [0.2, 0.25) is 0 Å². The second kappa shape index (κ2) is 2.23. The molecule has 2 atom stereocenters. The summed E-state index contributed by atoms with van der Waals surface area (Å²) in [6.45, 7) is 0. The van der Waals surface area contributed by atoms with Gasteiger partial charge < -0.3 is 4.90 Å². The van der Waals surface area contributed by atoms with E-state index in [2.05, 4.69) is 0 Å². The molecule has 0 aromatic rings. The van der Waals surface area contributed by atoms with Gasteiger partial charge in [0.15, 0.2) is 0 Å². The minimum absolute atomic E-state index is 0.361. The van der Waals surface area contributed by atoms with E-state index in [4.69, 9.17) is 0 Å². The Morgan fingerprint density at radius 1 is 1.27 bits per heavy atom. The largest absolute Gasteiger partial charge is 0.349 e. The molecular weight excluding hydrogens is 138 g/mol. The number of amides is 1. The maximum atomic E-state index is 11.4. The fourth-order valence-corrected chi connectivity index (χ4v) is 2.49. The van der Waals surface area contributed by atoms with E-state index >= 15 is 0 Å². The highest BCUT2D eigenvalue weighted by molar-refractivity contribution is 5.82. The Bertz CT molecular complexity index is 178. The van der Waals surface area contributed by atoms with E-state index in [1.165, 1.54) is 19.3 Å². The average Bonchev–Trinajstić information content (AvgIpc) is 2.41. The molecule has 11 heavy (non-hydrogen) atoms. The van der Waals surface area contributed by atoms with Crippen molar-refractivity contribution < 1.29 is 4.79 Å². The molecule has 2 rings (SSSR count). The molecule has 0 aromatic carbocycles. The lowest BCUT2D eigenvalue weighted by molar-refractivity contribution is -0.130. The third-order valence-electron chi connectivity index (χ3n) is 3.13. The van der Waals surface area contributed by atoms with Crippen molar-refractivity contribution in [3.63, 3.8) is 0 Å². The fourth-order valence-electron chi connectivity index (χ4n) is 2.49. The Balaban J connectivity index is 1.95. The zero-order valence-corrected chi connectivity index (χ0v) is 7.21. The van der Waals surface area contributed by atoms with Crippen LogP contribution in [0.4, 0.5) is 0 Å². The van der Waals surface area contributed by atoms with Crippen molar-refractivity contribution in [2.75, 3.05) is 14.1 Å². The number of hydrogen-bond acceptors (Lipinski definition) is 1. The number of carbonyl (C=O) groups is 1. The minimum Gasteiger partial charge on any atom is -0.349 e. The summed E-state index contributed by atoms with van der Waals surface area (Å²) in [5.41, 5.74) is 0. The number of rotatable bonds is 1. The minimum atomic E-state index is 0.361. The maximum absolute atomic E-state index is 11.4. The highest BCUT2D eigenvalue weighted by atomic mass is 16.2. The summed E-state index contributed by atoms with van der Waals surface area (Å²) in [5.74, 6) is 2.31. The van der Waals surface area contributed by atoms with Crippen molar-refractivity contribution in [3.8, 4) is 0 Å². The van der Waals surface area contributed by atoms with E-state index in [1.807, 2.05) is 14.1 Å². The summed E-state index contributed by atoms with van der Waals surface area (Å²) in [6, 6.07) is 0. The van der Waals surface area contributed by atoms with Crippen molar-refractivity contribution in [2.45, 2.75) is 19.3 Å². The molecule has 0 radical (unpaired) electrons. The third-order valence-corrected chi connectivity index (χ3v) is 3.13. The van der Waals surface area contributed by atoms with Crippen LogP contribution < -0.4 is 0 Å². The van der Waals surface area contributed by atoms with Gasteiger partial charge in [0.05, 0.1) is 0 Å². The van der Waals surface area contributed by atoms with E-state index in [1.54, 1.807) is 4.90 Å². The standard InChI is InChI=1S/C9H15NO/c1-10(2)9(11)8-6-4-3-5-7(6)8/h6-8H,3-5H2,1-2H3. The van der Waals surface area contributed by atoms with Crippen LogP contribution in [0.25, 0.3) is 0 Å². The van der Waals surface area contributed by atoms with Gasteiger partial charge in [0, 0.05) is 20.0 Å². The molecule has 0 bridgehead atoms. The van der Waals surface area contributed by atoms with Crippen LogP contribution >= 0.6 is 0 Å². The van der Waals surface area contributed by atoms with Gasteiger partial charge in [-0.05, 0) is 24.7 Å². The zero-order valence-electron chi connectivity index (χ0n) is 7.21. The van der Waals surface area contributed by atoms with E-state index < -0.39 is 0 Å². The predicted octanol–water partition coefficient (Wildman–Crippen LogP) is 1.12. The van der Waals surface area contributed by atoms with Crippen molar-refractivity contribution in [1.82, 2.24) is 4.90 Å². The van der Waals surface area contributed by atoms with Crippen LogP contribution in [0.1, 0.15) is 19.3 Å². The molecule has 1 amide bonds. The number of nitrogens with zero attached hydrogens (tertiary/aromatic N) is 1. The van der Waals surface area contributed by atoms with Gasteiger partial charge in [0.1, 0.15) is 0 Å². The summed E-state index contributed by atoms with van der Waals surface area (Å²) in [7, 11) is 3.72. The van der Waals surface area contributed by atoms with Gasteiger partial charge in [-0.2, -0.15) is 0 Å². The van der Waals surface area contributed by atoms with Crippen LogP contribution in [-0.4, -0.2) is 24.9 Å². The molecule has 2 saturated carbocycles. The van der Waals surface area contributed by atoms with Gasteiger partial charge in [0.2, 0.25) is 5.91 Å². The van der Waals surface area contributed by atoms with E-state index in [-0.39, 0.29) is 0 Å². The lowest BCUT2D eigenvalue weighted by Crippen LogP contribution is -2.25. The van der Waals surface area contributed by atoms with E-state index in [9.17, 15) is 4.79 Å². The lowest BCUT2D eigenvalue weighted by Gasteiger charge is -2.10. The average molecular weight is 153 g/mol. The Morgan fingerprint density at radius 3 is 2.27 bits per heavy atom. The van der Waals surface area contributed by atoms with Gasteiger partial charge in [-0.25, -0.2) is 0 Å². The molecule has 0 saturated heterocycles. The number of fused-ring (bicyclic) bond motifs is 1. The smallest absolute Gasteiger partial charge is 0.225 e. The van der Waals surface area contributed by atoms with Crippen LogP contribution in [0, 0.1) is 17.8 Å². The Kier molecular flexibility index (Phi) is 1.44. The molecular formula is C9H15NO. The number of hydrogen-bond donors (Lipinski definition) is 0. The van der Waals surface area contributed by atoms with Gasteiger partial charge in [0.25, 0.3) is 0 Å². The Morgan fingerprint density at radius 2 is 1.82 bits per heavy atom. The first-order valence-electron chi connectivity index (χ1n) is 4.43. The first-order chi connectivity index (χ1) is 5.22. The van der Waals surface area contributed by atoms with Crippen molar-refractivity contribution in [2.24, 2.45) is 17.8 Å². The summed E-state index contributed by atoms with van der Waals surface area (Å²) in [4.78, 5) is 13.2. The van der Waals surface area contributed by atoms with Crippen LogP contribution in [0.3, 0.4) is 0 Å². The quantitative estimate of drug-likeness (QED) is 0.553. The first-order valence-corrected chi connectivity index (χ1v) is 4.43. The van der Waals surface area contributed by atoms with Crippen molar-refractivity contribution in [3.05, 3.63) is 0 Å². The Hall–Kier alpha value is -0.530. The molecule has 2 nitrogen and oxygen atoms in total. The summed E-state index contributed by atoms with van der Waals surface area (Å²) < 4.78 is 0. The van der Waals surface area contributed by atoms with Crippen molar-refractivity contribution in [1.29, 1.82) is 0 Å². The van der Waals surface area contributed by atoms with Gasteiger partial charge in [-0.1, -0.05) is 6.42 Å². The van der Waals surface area contributed by atoms with E-state index in [0.717, 1.165) is 11.8 Å². The second-order valence-corrected chi connectivity index (χ2v) is 4.02. The lowest BCUT2D eigenvalue weighted by atomic mass is 10.1. The molecule has 0 aliphatic heterocycles.